The predicted molar refractivity (Wildman–Crippen MR) is 38.7 cm³/mol. The monoisotopic (exact) mass is 152 g/mol. The molecule has 0 spiro atoms. The van der Waals surface area contributed by atoms with Gasteiger partial charge in [0, 0.05) is 6.54 Å². The van der Waals surface area contributed by atoms with E-state index >= 15 is 0 Å². The number of ketones is 2. The van der Waals surface area contributed by atoms with Crippen LogP contribution < -0.4 is 5.32 Å². The lowest BCUT2D eigenvalue weighted by Crippen LogP contribution is -2.60. The van der Waals surface area contributed by atoms with Gasteiger partial charge < -0.3 is 5.32 Å². The second kappa shape index (κ2) is 2.23. The highest BCUT2D eigenvalue weighted by Gasteiger charge is 2.45. The average molecular weight is 152 g/mol. The number of rotatable bonds is 0. The molecule has 1 N–H and O–H groups in total. The van der Waals surface area contributed by atoms with E-state index in [0.29, 0.717) is 12.3 Å². The summed E-state index contributed by atoms with van der Waals surface area (Å²) in [4.78, 5) is 25.7. The Morgan fingerprint density at radius 1 is 1.45 bits per heavy atom. The van der Waals surface area contributed by atoms with Gasteiger partial charge in [-0.3, -0.25) is 14.6 Å². The summed E-state index contributed by atoms with van der Waals surface area (Å²) in [6, 6.07) is -0.370. The van der Waals surface area contributed by atoms with Crippen LogP contribution in [0.3, 0.4) is 0 Å². The van der Waals surface area contributed by atoms with Crippen molar-refractivity contribution < 1.29 is 9.59 Å². The summed E-state index contributed by atoms with van der Waals surface area (Å²) in [5.41, 5.74) is 0.438. The van der Waals surface area contributed by atoms with Gasteiger partial charge in [0.25, 0.3) is 0 Å². The second-order valence-corrected chi connectivity index (χ2v) is 2.70. The lowest BCUT2D eigenvalue weighted by molar-refractivity contribution is -0.136. The number of carbonyl (C=O) groups is 2. The van der Waals surface area contributed by atoms with Gasteiger partial charge in [-0.05, 0) is 13.0 Å². The molecular weight excluding hydrogens is 144 g/mol. The third kappa shape index (κ3) is 0.826. The van der Waals surface area contributed by atoms with Crippen LogP contribution in [0.15, 0.2) is 4.99 Å². The number of fused-ring (bicyclic) bond motifs is 1. The van der Waals surface area contributed by atoms with Crippen molar-refractivity contribution in [1.82, 2.24) is 5.32 Å². The van der Waals surface area contributed by atoms with Gasteiger partial charge in [-0.25, -0.2) is 0 Å². The Kier molecular flexibility index (Phi) is 1.35. The molecule has 0 aromatic rings. The Morgan fingerprint density at radius 3 is 3.09 bits per heavy atom. The van der Waals surface area contributed by atoms with E-state index in [4.69, 9.17) is 0 Å². The van der Waals surface area contributed by atoms with Crippen LogP contribution in [-0.4, -0.2) is 36.4 Å². The maximum Gasteiger partial charge on any atom is 0.246 e. The summed E-state index contributed by atoms with van der Waals surface area (Å²) in [7, 11) is 0. The molecule has 58 valence electrons. The van der Waals surface area contributed by atoms with Crippen LogP contribution in [0.1, 0.15) is 6.42 Å². The molecule has 0 radical (unpaired) electrons. The number of nitrogens with zero attached hydrogens (tertiary/aromatic N) is 1. The lowest BCUT2D eigenvalue weighted by atomic mass is 9.87. The molecule has 2 aliphatic rings. The van der Waals surface area contributed by atoms with Gasteiger partial charge in [0.1, 0.15) is 11.8 Å². The van der Waals surface area contributed by atoms with Crippen LogP contribution in [0, 0.1) is 0 Å². The number of Topliss-reactive ketones (excluding diaryl/α,β-unsaturated/α-hetero) is 2. The molecule has 1 saturated carbocycles. The fourth-order valence-electron chi connectivity index (χ4n) is 1.31. The molecule has 0 unspecified atom stereocenters. The molecular formula is C7H8N2O2. The molecule has 0 aromatic carbocycles. The first-order valence-corrected chi connectivity index (χ1v) is 3.67. The topological polar surface area (TPSA) is 58.5 Å². The number of nitrogens with one attached hydrogen (secondary N) is 1. The molecule has 1 aliphatic heterocycles. The van der Waals surface area contributed by atoms with Crippen LogP contribution in [0.4, 0.5) is 0 Å². The minimum Gasteiger partial charge on any atom is -0.302 e. The SMILES string of the molecule is O=C1C(=O)[C@@H]2NCCCN=C12. The van der Waals surface area contributed by atoms with E-state index in [1.807, 2.05) is 0 Å². The largest absolute Gasteiger partial charge is 0.302 e. The fraction of sp³-hybridized carbons (Fsp3) is 0.571. The zero-order valence-corrected chi connectivity index (χ0v) is 5.96. The zero-order valence-electron chi connectivity index (χ0n) is 5.96. The van der Waals surface area contributed by atoms with Crippen LogP contribution in [0.5, 0.6) is 0 Å². The van der Waals surface area contributed by atoms with E-state index in [1.165, 1.54) is 0 Å². The third-order valence-electron chi connectivity index (χ3n) is 1.96. The lowest BCUT2D eigenvalue weighted by Gasteiger charge is -2.23. The normalized spacial score (nSPS) is 30.2. The Morgan fingerprint density at radius 2 is 2.27 bits per heavy atom. The van der Waals surface area contributed by atoms with E-state index in [0.717, 1.165) is 13.0 Å². The average Bonchev–Trinajstić information content (AvgIpc) is 2.25. The van der Waals surface area contributed by atoms with Crippen LogP contribution in [0.2, 0.25) is 0 Å². The summed E-state index contributed by atoms with van der Waals surface area (Å²) in [6.45, 7) is 1.44. The van der Waals surface area contributed by atoms with Gasteiger partial charge in [-0.2, -0.15) is 0 Å². The minimum absolute atomic E-state index is 0.328. The van der Waals surface area contributed by atoms with E-state index in [2.05, 4.69) is 10.3 Å². The maximum absolute atomic E-state index is 10.9. The summed E-state index contributed by atoms with van der Waals surface area (Å²) >= 11 is 0. The minimum atomic E-state index is -0.399. The standard InChI is InChI=1S/C7H8N2O2/c10-6-4-5(7(6)11)9-3-1-2-8-4/h4,8H,1-3H2/t4-/m1/s1. The predicted octanol–water partition coefficient (Wildman–Crippen LogP) is -1.06. The van der Waals surface area contributed by atoms with Crippen LogP contribution in [-0.2, 0) is 9.59 Å². The van der Waals surface area contributed by atoms with Gasteiger partial charge in [-0.1, -0.05) is 0 Å². The van der Waals surface area contributed by atoms with Crippen LogP contribution >= 0.6 is 0 Å². The Hall–Kier alpha value is -1.03. The van der Waals surface area contributed by atoms with Gasteiger partial charge in [0.2, 0.25) is 11.6 Å². The highest BCUT2D eigenvalue weighted by atomic mass is 16.2. The molecule has 0 aromatic heterocycles. The number of aliphatic imine (C=N–C) groups is 1. The summed E-state index contributed by atoms with van der Waals surface area (Å²) < 4.78 is 0. The first kappa shape index (κ1) is 6.67. The zero-order chi connectivity index (χ0) is 7.84. The Balaban J connectivity index is 2.25. The van der Waals surface area contributed by atoms with Crippen molar-refractivity contribution in [2.24, 2.45) is 4.99 Å². The number of hydrogen-bond acceptors (Lipinski definition) is 4. The van der Waals surface area contributed by atoms with Crippen LogP contribution in [0.25, 0.3) is 0 Å². The molecule has 0 saturated heterocycles. The quantitative estimate of drug-likeness (QED) is 0.450. The first-order valence-electron chi connectivity index (χ1n) is 3.67. The van der Waals surface area contributed by atoms with E-state index < -0.39 is 5.78 Å². The molecule has 1 aliphatic carbocycles. The van der Waals surface area contributed by atoms with Crippen molar-refractivity contribution >= 4 is 17.3 Å². The molecule has 1 heterocycles. The second-order valence-electron chi connectivity index (χ2n) is 2.70. The van der Waals surface area contributed by atoms with E-state index in [1.54, 1.807) is 0 Å². The van der Waals surface area contributed by atoms with Crippen molar-refractivity contribution in [3.63, 3.8) is 0 Å². The number of hydrogen-bond donors (Lipinski definition) is 1. The molecule has 0 bridgehead atoms. The van der Waals surface area contributed by atoms with Gasteiger partial charge in [0.05, 0.1) is 0 Å². The summed E-state index contributed by atoms with van der Waals surface area (Å²) in [5, 5.41) is 2.96. The Bertz CT molecular complexity index is 257. The molecule has 11 heavy (non-hydrogen) atoms. The molecule has 0 amide bonds. The van der Waals surface area contributed by atoms with E-state index in [-0.39, 0.29) is 11.8 Å². The summed E-state index contributed by atoms with van der Waals surface area (Å²) in [6.07, 6.45) is 0.903. The smallest absolute Gasteiger partial charge is 0.246 e. The highest BCUT2D eigenvalue weighted by Crippen LogP contribution is 2.10. The molecule has 4 nitrogen and oxygen atoms in total. The van der Waals surface area contributed by atoms with E-state index in [9.17, 15) is 9.59 Å². The fourth-order valence-corrected chi connectivity index (χ4v) is 1.31. The van der Waals surface area contributed by atoms with Crippen molar-refractivity contribution in [2.75, 3.05) is 13.1 Å². The first-order chi connectivity index (χ1) is 5.30. The summed E-state index contributed by atoms with van der Waals surface area (Å²) in [5.74, 6) is -0.727. The molecule has 1 fully saturated rings. The van der Waals surface area contributed by atoms with Crippen molar-refractivity contribution in [2.45, 2.75) is 12.5 Å². The molecule has 2 rings (SSSR count). The van der Waals surface area contributed by atoms with Gasteiger partial charge in [0.15, 0.2) is 0 Å². The highest BCUT2D eigenvalue weighted by molar-refractivity contribution is 6.80. The maximum atomic E-state index is 10.9. The molecule has 4 heteroatoms. The van der Waals surface area contributed by atoms with Gasteiger partial charge in [-0.15, -0.1) is 0 Å². The third-order valence-corrected chi connectivity index (χ3v) is 1.96. The van der Waals surface area contributed by atoms with Gasteiger partial charge >= 0.3 is 0 Å². The molecule has 1 atom stereocenters. The Labute approximate surface area is 63.7 Å². The number of carbonyl (C=O) groups excluding carboxylic acids is 2. The van der Waals surface area contributed by atoms with Crippen molar-refractivity contribution in [3.05, 3.63) is 0 Å². The van der Waals surface area contributed by atoms with Crippen molar-refractivity contribution in [1.29, 1.82) is 0 Å². The van der Waals surface area contributed by atoms with Crippen molar-refractivity contribution in [3.8, 4) is 0 Å².